The second kappa shape index (κ2) is 10.5. The third kappa shape index (κ3) is 6.13. The van der Waals surface area contributed by atoms with Gasteiger partial charge in [-0.2, -0.15) is 4.68 Å². The van der Waals surface area contributed by atoms with E-state index < -0.39 is 36.2 Å². The van der Waals surface area contributed by atoms with E-state index in [1.807, 2.05) is 0 Å². The summed E-state index contributed by atoms with van der Waals surface area (Å²) in [6.45, 7) is 0. The number of aliphatic hydroxyl groups excluding tert-OH is 2. The first-order valence-electron chi connectivity index (χ1n) is 9.57. The molecule has 8 nitrogen and oxygen atoms in total. The van der Waals surface area contributed by atoms with E-state index in [9.17, 15) is 28.9 Å². The highest BCUT2D eigenvalue weighted by Crippen LogP contribution is 2.30. The van der Waals surface area contributed by atoms with Crippen LogP contribution in [0.5, 0.6) is 0 Å². The molecule has 0 fully saturated rings. The molecule has 3 rings (SSSR count). The summed E-state index contributed by atoms with van der Waals surface area (Å²) in [4.78, 5) is 10.6. The van der Waals surface area contributed by atoms with Gasteiger partial charge in [-0.1, -0.05) is 30.3 Å². The molecule has 0 unspecified atom stereocenters. The van der Waals surface area contributed by atoms with Gasteiger partial charge in [-0.25, -0.2) is 8.78 Å². The Hall–Kier alpha value is -3.76. The molecule has 0 spiro atoms. The molecule has 0 radical (unpaired) electrons. The third-order valence-electron chi connectivity index (χ3n) is 4.51. The van der Waals surface area contributed by atoms with Gasteiger partial charge in [0.2, 0.25) is 0 Å². The molecule has 0 aliphatic carbocycles. The summed E-state index contributed by atoms with van der Waals surface area (Å²) in [5, 5.41) is 41.7. The Balaban J connectivity index is 2.08. The molecule has 3 aromatic rings. The smallest absolute Gasteiger partial charge is 0.143 e. The van der Waals surface area contributed by atoms with E-state index in [-0.39, 0.29) is 6.42 Å². The number of benzene rings is 2. The van der Waals surface area contributed by atoms with Crippen LogP contribution in [0, 0.1) is 11.6 Å². The number of tetrazole rings is 1. The predicted octanol–water partition coefficient (Wildman–Crippen LogP) is 1.18. The van der Waals surface area contributed by atoms with Gasteiger partial charge in [-0.05, 0) is 51.9 Å². The molecular weight excluding hydrogens is 422 g/mol. The van der Waals surface area contributed by atoms with Crippen molar-refractivity contribution in [1.82, 2.24) is 20.2 Å². The summed E-state index contributed by atoms with van der Waals surface area (Å²) in [6, 6.07) is 11.2. The first-order valence-corrected chi connectivity index (χ1v) is 9.57. The van der Waals surface area contributed by atoms with Crippen LogP contribution in [0.3, 0.4) is 0 Å². The highest BCUT2D eigenvalue weighted by Gasteiger charge is 2.15. The van der Waals surface area contributed by atoms with Crippen LogP contribution in [0.4, 0.5) is 8.78 Å². The molecule has 0 aliphatic heterocycles. The minimum atomic E-state index is -1.43. The van der Waals surface area contributed by atoms with Crippen molar-refractivity contribution in [3.05, 3.63) is 89.8 Å². The Morgan fingerprint density at radius 1 is 1.03 bits per heavy atom. The van der Waals surface area contributed by atoms with Crippen LogP contribution in [-0.4, -0.2) is 48.6 Å². The van der Waals surface area contributed by atoms with Gasteiger partial charge in [0.15, 0.2) is 0 Å². The first-order chi connectivity index (χ1) is 15.3. The highest BCUT2D eigenvalue weighted by atomic mass is 19.1. The average Bonchev–Trinajstić information content (AvgIpc) is 3.27. The quantitative estimate of drug-likeness (QED) is 0.478. The monoisotopic (exact) mass is 441 g/mol. The van der Waals surface area contributed by atoms with Crippen LogP contribution in [0.1, 0.15) is 24.0 Å². The molecule has 0 bridgehead atoms. The number of carbonyl (C=O) groups is 1. The van der Waals surface area contributed by atoms with E-state index in [1.165, 1.54) is 71.7 Å². The third-order valence-corrected chi connectivity index (χ3v) is 4.51. The number of halogens is 2. The van der Waals surface area contributed by atoms with Gasteiger partial charge in [0, 0.05) is 24.4 Å². The standard InChI is InChI=1S/C22H20F2N4O4/c23-16-5-1-14(2-6-16)22(15-3-7-17(24)8-4-15)20(28-13-25-26-27-28)10-9-18(29)11-19(30)12-21(31)32/h1-10,13,18-19,29-30H,11-12H2,(H,31,32)/p-1/b10-9+/t18-,19-/m1/s1. The lowest BCUT2D eigenvalue weighted by Crippen LogP contribution is -2.29. The summed E-state index contributed by atoms with van der Waals surface area (Å²) in [6.07, 6.45) is 0.779. The zero-order chi connectivity index (χ0) is 23.1. The minimum absolute atomic E-state index is 0.240. The Bertz CT molecular complexity index is 1050. The van der Waals surface area contributed by atoms with Crippen LogP contribution in [0.25, 0.3) is 11.3 Å². The number of carboxylic acids is 1. The van der Waals surface area contributed by atoms with E-state index in [2.05, 4.69) is 15.5 Å². The Kier molecular flexibility index (Phi) is 7.53. The molecular formula is C22H19F2N4O4-. The second-order valence-electron chi connectivity index (χ2n) is 6.92. The summed E-state index contributed by atoms with van der Waals surface area (Å²) in [5.74, 6) is -2.31. The number of carboxylic acid groups (broad SMARTS) is 1. The fourth-order valence-electron chi connectivity index (χ4n) is 3.08. The van der Waals surface area contributed by atoms with Gasteiger partial charge in [0.25, 0.3) is 0 Å². The molecule has 0 amide bonds. The number of rotatable bonds is 9. The lowest BCUT2D eigenvalue weighted by Gasteiger charge is -2.15. The first kappa shape index (κ1) is 22.9. The average molecular weight is 441 g/mol. The Labute approximate surface area is 181 Å². The van der Waals surface area contributed by atoms with Crippen molar-refractivity contribution in [1.29, 1.82) is 0 Å². The van der Waals surface area contributed by atoms with Crippen molar-refractivity contribution in [3.63, 3.8) is 0 Å². The fraction of sp³-hybridized carbons (Fsp3) is 0.182. The van der Waals surface area contributed by atoms with E-state index in [1.54, 1.807) is 0 Å². The Morgan fingerprint density at radius 3 is 2.06 bits per heavy atom. The summed E-state index contributed by atoms with van der Waals surface area (Å²) in [5.41, 5.74) is 2.01. The number of hydrogen-bond donors (Lipinski definition) is 2. The molecule has 0 saturated carbocycles. The number of aliphatic hydroxyl groups is 2. The lowest BCUT2D eigenvalue weighted by atomic mass is 9.95. The maximum atomic E-state index is 13.5. The molecule has 10 heteroatoms. The van der Waals surface area contributed by atoms with E-state index >= 15 is 0 Å². The number of carbonyl (C=O) groups excluding carboxylic acids is 1. The van der Waals surface area contributed by atoms with E-state index in [4.69, 9.17) is 0 Å². The molecule has 1 aromatic heterocycles. The molecule has 2 aromatic carbocycles. The van der Waals surface area contributed by atoms with Gasteiger partial charge in [-0.3, -0.25) is 0 Å². The van der Waals surface area contributed by atoms with Crippen LogP contribution < -0.4 is 5.11 Å². The topological polar surface area (TPSA) is 124 Å². The largest absolute Gasteiger partial charge is 0.550 e. The number of aromatic nitrogens is 4. The van der Waals surface area contributed by atoms with Crippen LogP contribution in [0.2, 0.25) is 0 Å². The zero-order valence-electron chi connectivity index (χ0n) is 16.7. The SMILES string of the molecule is O=C([O-])C[C@H](O)C[C@H](O)/C=C/C(=C(c1ccc(F)cc1)c1ccc(F)cc1)n1cnnn1. The highest BCUT2D eigenvalue weighted by molar-refractivity contribution is 5.96. The van der Waals surface area contributed by atoms with Crippen molar-refractivity contribution in [2.75, 3.05) is 0 Å². The maximum absolute atomic E-state index is 13.5. The van der Waals surface area contributed by atoms with E-state index in [0.29, 0.717) is 22.4 Å². The number of aliphatic carboxylic acids is 1. The zero-order valence-corrected chi connectivity index (χ0v) is 16.7. The van der Waals surface area contributed by atoms with Crippen molar-refractivity contribution in [3.8, 4) is 0 Å². The number of allylic oxidation sites excluding steroid dienone is 2. The van der Waals surface area contributed by atoms with Gasteiger partial charge in [0.05, 0.1) is 17.9 Å². The molecule has 2 N–H and O–H groups in total. The Morgan fingerprint density at radius 2 is 1.59 bits per heavy atom. The predicted molar refractivity (Wildman–Crippen MR) is 108 cm³/mol. The van der Waals surface area contributed by atoms with Gasteiger partial charge < -0.3 is 20.1 Å². The van der Waals surface area contributed by atoms with Gasteiger partial charge >= 0.3 is 0 Å². The number of nitrogens with zero attached hydrogens (tertiary/aromatic N) is 4. The van der Waals surface area contributed by atoms with E-state index in [0.717, 1.165) is 0 Å². The minimum Gasteiger partial charge on any atom is -0.550 e. The fourth-order valence-corrected chi connectivity index (χ4v) is 3.08. The second-order valence-corrected chi connectivity index (χ2v) is 6.92. The molecule has 2 atom stereocenters. The lowest BCUT2D eigenvalue weighted by molar-refractivity contribution is -0.307. The molecule has 0 aliphatic rings. The van der Waals surface area contributed by atoms with Crippen molar-refractivity contribution in [2.45, 2.75) is 25.0 Å². The van der Waals surface area contributed by atoms with Crippen LogP contribution >= 0.6 is 0 Å². The van der Waals surface area contributed by atoms with Crippen LogP contribution in [0.15, 0.2) is 67.0 Å². The molecule has 166 valence electrons. The van der Waals surface area contributed by atoms with Crippen LogP contribution in [-0.2, 0) is 4.79 Å². The molecule has 32 heavy (non-hydrogen) atoms. The van der Waals surface area contributed by atoms with Gasteiger partial charge in [-0.15, -0.1) is 5.10 Å². The van der Waals surface area contributed by atoms with Gasteiger partial charge in [0.1, 0.15) is 18.0 Å². The summed E-state index contributed by atoms with van der Waals surface area (Å²) in [7, 11) is 0. The normalized spacial score (nSPS) is 13.1. The molecule has 0 saturated heterocycles. The summed E-state index contributed by atoms with van der Waals surface area (Å²) < 4.78 is 28.4. The summed E-state index contributed by atoms with van der Waals surface area (Å²) >= 11 is 0. The van der Waals surface area contributed by atoms with Crippen molar-refractivity contribution >= 4 is 17.2 Å². The van der Waals surface area contributed by atoms with Crippen molar-refractivity contribution < 1.29 is 28.9 Å². The maximum Gasteiger partial charge on any atom is 0.143 e. The van der Waals surface area contributed by atoms with Crippen molar-refractivity contribution in [2.24, 2.45) is 0 Å². The number of hydrogen-bond acceptors (Lipinski definition) is 7. The molecule has 1 heterocycles.